The minimum Gasteiger partial charge on any atom is -0.361 e. The number of nitrogens with one attached hydrogen (secondary N) is 3. The molecule has 0 fully saturated rings. The molecule has 0 aliphatic heterocycles. The van der Waals surface area contributed by atoms with Gasteiger partial charge in [0.1, 0.15) is 5.76 Å². The van der Waals surface area contributed by atoms with E-state index in [0.717, 1.165) is 0 Å². The molecule has 2 rings (SSSR count). The number of thiocarbonyl (C=S) groups is 1. The molecular formula is C13H11ClN4O3S. The van der Waals surface area contributed by atoms with Crippen LogP contribution in [0.2, 0.25) is 5.02 Å². The Morgan fingerprint density at radius 1 is 1.18 bits per heavy atom. The molecule has 0 saturated carbocycles. The second kappa shape index (κ2) is 7.01. The van der Waals surface area contributed by atoms with Crippen LogP contribution in [0.4, 0.5) is 0 Å². The number of carbonyl (C=O) groups excluding carboxylic acids is 2. The molecule has 2 aromatic rings. The first kappa shape index (κ1) is 15.9. The molecule has 0 radical (unpaired) electrons. The van der Waals surface area contributed by atoms with E-state index in [1.807, 2.05) is 0 Å². The van der Waals surface area contributed by atoms with E-state index >= 15 is 0 Å². The van der Waals surface area contributed by atoms with Crippen LogP contribution in [0.3, 0.4) is 0 Å². The Morgan fingerprint density at radius 2 is 1.86 bits per heavy atom. The number of rotatable bonds is 2. The van der Waals surface area contributed by atoms with Gasteiger partial charge in [0, 0.05) is 16.7 Å². The highest BCUT2D eigenvalue weighted by atomic mass is 35.5. The van der Waals surface area contributed by atoms with Crippen LogP contribution < -0.4 is 16.2 Å². The fraction of sp³-hybridized carbons (Fsp3) is 0.0769. The maximum Gasteiger partial charge on any atom is 0.291 e. The molecule has 1 heterocycles. The van der Waals surface area contributed by atoms with Gasteiger partial charge in [-0.25, -0.2) is 0 Å². The predicted octanol–water partition coefficient (Wildman–Crippen LogP) is 1.59. The first-order valence-electron chi connectivity index (χ1n) is 6.06. The smallest absolute Gasteiger partial charge is 0.291 e. The van der Waals surface area contributed by atoms with Crippen LogP contribution in [0.25, 0.3) is 0 Å². The quantitative estimate of drug-likeness (QED) is 0.568. The van der Waals surface area contributed by atoms with E-state index in [2.05, 4.69) is 21.3 Å². The molecule has 2 amide bonds. The van der Waals surface area contributed by atoms with Gasteiger partial charge in [0.15, 0.2) is 10.8 Å². The molecule has 0 aliphatic carbocycles. The number of hydrazine groups is 1. The fourth-order valence-electron chi connectivity index (χ4n) is 1.46. The molecule has 1 aromatic carbocycles. The van der Waals surface area contributed by atoms with E-state index in [-0.39, 0.29) is 10.8 Å². The number of hydrogen-bond donors (Lipinski definition) is 3. The molecule has 0 atom stereocenters. The lowest BCUT2D eigenvalue weighted by Gasteiger charge is -2.09. The molecule has 9 heteroatoms. The molecule has 0 saturated heterocycles. The summed E-state index contributed by atoms with van der Waals surface area (Å²) in [5, 5.41) is 6.41. The van der Waals surface area contributed by atoms with Crippen LogP contribution in [-0.4, -0.2) is 22.1 Å². The van der Waals surface area contributed by atoms with Crippen molar-refractivity contribution < 1.29 is 14.1 Å². The van der Waals surface area contributed by atoms with Gasteiger partial charge in [0.25, 0.3) is 11.8 Å². The van der Waals surface area contributed by atoms with E-state index in [0.29, 0.717) is 16.3 Å². The normalized spacial score (nSPS) is 9.91. The van der Waals surface area contributed by atoms with Crippen molar-refractivity contribution in [3.63, 3.8) is 0 Å². The predicted molar refractivity (Wildman–Crippen MR) is 83.4 cm³/mol. The molecule has 22 heavy (non-hydrogen) atoms. The van der Waals surface area contributed by atoms with Gasteiger partial charge in [0.2, 0.25) is 0 Å². The Hall–Kier alpha value is -2.45. The highest BCUT2D eigenvalue weighted by Crippen LogP contribution is 2.09. The molecule has 1 aromatic heterocycles. The molecular weight excluding hydrogens is 328 g/mol. The summed E-state index contributed by atoms with van der Waals surface area (Å²) in [5.74, 6) is -0.468. The van der Waals surface area contributed by atoms with E-state index in [4.69, 9.17) is 28.3 Å². The second-order valence-corrected chi connectivity index (χ2v) is 5.04. The zero-order chi connectivity index (χ0) is 16.1. The van der Waals surface area contributed by atoms with Crippen LogP contribution in [0.1, 0.15) is 26.6 Å². The summed E-state index contributed by atoms with van der Waals surface area (Å²) in [6.45, 7) is 1.66. The van der Waals surface area contributed by atoms with Gasteiger partial charge in [-0.3, -0.25) is 25.8 Å². The van der Waals surface area contributed by atoms with Crippen LogP contribution in [0.15, 0.2) is 34.9 Å². The number of carbonyl (C=O) groups is 2. The lowest BCUT2D eigenvalue weighted by Crippen LogP contribution is -2.48. The van der Waals surface area contributed by atoms with Crippen LogP contribution in [0.5, 0.6) is 0 Å². The number of amides is 2. The van der Waals surface area contributed by atoms with Crippen molar-refractivity contribution in [1.82, 2.24) is 21.3 Å². The second-order valence-electron chi connectivity index (χ2n) is 4.19. The number of aryl methyl sites for hydroxylation is 1. The van der Waals surface area contributed by atoms with Crippen molar-refractivity contribution in [2.45, 2.75) is 6.92 Å². The zero-order valence-electron chi connectivity index (χ0n) is 11.3. The summed E-state index contributed by atoms with van der Waals surface area (Å²) in [4.78, 5) is 23.5. The monoisotopic (exact) mass is 338 g/mol. The minimum atomic E-state index is -0.542. The van der Waals surface area contributed by atoms with Gasteiger partial charge in [-0.15, -0.1) is 0 Å². The van der Waals surface area contributed by atoms with Crippen molar-refractivity contribution in [3.05, 3.63) is 52.4 Å². The third kappa shape index (κ3) is 4.27. The third-order valence-corrected chi connectivity index (χ3v) is 2.94. The number of hydrogen-bond acceptors (Lipinski definition) is 5. The van der Waals surface area contributed by atoms with Crippen LogP contribution >= 0.6 is 23.8 Å². The van der Waals surface area contributed by atoms with E-state index < -0.39 is 11.8 Å². The van der Waals surface area contributed by atoms with Gasteiger partial charge < -0.3 is 4.52 Å². The Kier molecular flexibility index (Phi) is 5.08. The standard InChI is InChI=1S/C13H11ClN4O3S/c1-7-6-10(18-21-7)12(20)16-17-13(22)15-11(19)8-2-4-9(14)5-3-8/h2-6H,1H3,(H,16,20)(H2,15,17,19,22). The summed E-state index contributed by atoms with van der Waals surface area (Å²) < 4.78 is 4.77. The lowest BCUT2D eigenvalue weighted by atomic mass is 10.2. The maximum absolute atomic E-state index is 11.9. The first-order valence-corrected chi connectivity index (χ1v) is 6.85. The molecule has 0 spiro atoms. The Morgan fingerprint density at radius 3 is 2.45 bits per heavy atom. The van der Waals surface area contributed by atoms with E-state index in [1.54, 1.807) is 31.2 Å². The zero-order valence-corrected chi connectivity index (χ0v) is 12.9. The Bertz CT molecular complexity index is 714. The average molecular weight is 339 g/mol. The summed E-state index contributed by atoms with van der Waals surface area (Å²) in [6, 6.07) is 7.74. The highest BCUT2D eigenvalue weighted by molar-refractivity contribution is 7.80. The Balaban J connectivity index is 1.84. The molecule has 0 bridgehead atoms. The SMILES string of the molecule is Cc1cc(C(=O)NNC(=S)NC(=O)c2ccc(Cl)cc2)no1. The molecule has 3 N–H and O–H groups in total. The van der Waals surface area contributed by atoms with E-state index in [1.165, 1.54) is 6.07 Å². The van der Waals surface area contributed by atoms with Gasteiger partial charge in [0.05, 0.1) is 0 Å². The van der Waals surface area contributed by atoms with Crippen molar-refractivity contribution >= 4 is 40.7 Å². The highest BCUT2D eigenvalue weighted by Gasteiger charge is 2.12. The first-order chi connectivity index (χ1) is 10.5. The summed E-state index contributed by atoms with van der Waals surface area (Å²) in [5.41, 5.74) is 5.16. The van der Waals surface area contributed by atoms with Gasteiger partial charge in [-0.1, -0.05) is 16.8 Å². The maximum atomic E-state index is 11.9. The third-order valence-electron chi connectivity index (χ3n) is 2.48. The van der Waals surface area contributed by atoms with Crippen molar-refractivity contribution in [2.75, 3.05) is 0 Å². The number of nitrogens with zero attached hydrogens (tertiary/aromatic N) is 1. The van der Waals surface area contributed by atoms with Crippen molar-refractivity contribution in [3.8, 4) is 0 Å². The summed E-state index contributed by atoms with van der Waals surface area (Å²) >= 11 is 10.6. The van der Waals surface area contributed by atoms with Crippen molar-refractivity contribution in [2.24, 2.45) is 0 Å². The minimum absolute atomic E-state index is 0.0616. The topological polar surface area (TPSA) is 96.3 Å². The number of aromatic nitrogens is 1. The number of halogens is 1. The van der Waals surface area contributed by atoms with Crippen LogP contribution in [0, 0.1) is 6.92 Å². The summed E-state index contributed by atoms with van der Waals surface area (Å²) in [6.07, 6.45) is 0. The van der Waals surface area contributed by atoms with Crippen LogP contribution in [-0.2, 0) is 0 Å². The lowest BCUT2D eigenvalue weighted by molar-refractivity contribution is 0.0927. The fourth-order valence-corrected chi connectivity index (χ4v) is 1.73. The van der Waals surface area contributed by atoms with Crippen molar-refractivity contribution in [1.29, 1.82) is 0 Å². The molecule has 0 unspecified atom stereocenters. The summed E-state index contributed by atoms with van der Waals surface area (Å²) in [7, 11) is 0. The average Bonchev–Trinajstić information content (AvgIpc) is 2.92. The largest absolute Gasteiger partial charge is 0.361 e. The number of benzene rings is 1. The Labute approximate surface area is 136 Å². The van der Waals surface area contributed by atoms with Gasteiger partial charge >= 0.3 is 0 Å². The van der Waals surface area contributed by atoms with E-state index in [9.17, 15) is 9.59 Å². The molecule has 7 nitrogen and oxygen atoms in total. The van der Waals surface area contributed by atoms with Gasteiger partial charge in [-0.2, -0.15) is 0 Å². The van der Waals surface area contributed by atoms with Gasteiger partial charge in [-0.05, 0) is 43.4 Å². The molecule has 114 valence electrons. The molecule has 0 aliphatic rings.